The fourth-order valence-corrected chi connectivity index (χ4v) is 4.66. The van der Waals surface area contributed by atoms with E-state index in [0.717, 1.165) is 22.6 Å². The van der Waals surface area contributed by atoms with Crippen molar-refractivity contribution in [1.29, 1.82) is 0 Å². The van der Waals surface area contributed by atoms with Crippen molar-refractivity contribution in [3.63, 3.8) is 0 Å². The number of alkyl halides is 3. The van der Waals surface area contributed by atoms with E-state index in [1.54, 1.807) is 49.6 Å². The highest BCUT2D eigenvalue weighted by Crippen LogP contribution is 2.39. The maximum absolute atomic E-state index is 15.0. The van der Waals surface area contributed by atoms with Crippen LogP contribution in [0.25, 0.3) is 11.3 Å². The van der Waals surface area contributed by atoms with Crippen LogP contribution in [-0.2, 0) is 11.3 Å². The summed E-state index contributed by atoms with van der Waals surface area (Å²) in [4.78, 5) is 47.4. The van der Waals surface area contributed by atoms with Crippen LogP contribution >= 0.6 is 0 Å². The molecule has 0 saturated carbocycles. The van der Waals surface area contributed by atoms with Gasteiger partial charge in [-0.25, -0.2) is 28.3 Å². The number of benzene rings is 3. The van der Waals surface area contributed by atoms with Gasteiger partial charge in [0.2, 0.25) is 5.95 Å². The Morgan fingerprint density at radius 2 is 1.68 bits per heavy atom. The van der Waals surface area contributed by atoms with Crippen molar-refractivity contribution in [2.45, 2.75) is 19.6 Å². The van der Waals surface area contributed by atoms with Gasteiger partial charge in [-0.15, -0.1) is 0 Å². The van der Waals surface area contributed by atoms with Crippen molar-refractivity contribution in [1.82, 2.24) is 20.2 Å². The standard InChI is InChI=1S/C31H31F2N7O3.C2HF3O2/c1-18-8-9-19(29(41)36-20-10-12-21(43-4)13-11-20)16-22(18)26-23-17-35-31(42)40(27-24(32)6-5-7-25(27)33)28(23)38-30(37-26)34-14-15-39(2)3;3-2(4,5)1(6)7/h5-13,16H,14-15,17H2,1-4H3,(H,35,42)(H,36,41)(H,34,37,38);(H,6,7). The number of ether oxygens (including phenoxy) is 1. The Bertz CT molecular complexity index is 1870. The smallest absolute Gasteiger partial charge is 0.490 e. The number of hydrogen-bond donors (Lipinski definition) is 4. The van der Waals surface area contributed by atoms with Crippen LogP contribution in [0.4, 0.5) is 49.9 Å². The second-order valence-corrected chi connectivity index (χ2v) is 11.0. The zero-order valence-electron chi connectivity index (χ0n) is 27.2. The van der Waals surface area contributed by atoms with E-state index in [4.69, 9.17) is 19.6 Å². The summed E-state index contributed by atoms with van der Waals surface area (Å²) >= 11 is 0. The highest BCUT2D eigenvalue weighted by molar-refractivity contribution is 6.06. The van der Waals surface area contributed by atoms with Crippen molar-refractivity contribution < 1.29 is 46.2 Å². The number of aryl methyl sites for hydroxylation is 1. The van der Waals surface area contributed by atoms with E-state index >= 15 is 0 Å². The Hall–Kier alpha value is -5.84. The number of hydrogen-bond acceptors (Lipinski definition) is 8. The van der Waals surface area contributed by atoms with Crippen molar-refractivity contribution in [2.75, 3.05) is 49.8 Å². The molecule has 4 N–H and O–H groups in total. The third kappa shape index (κ3) is 8.79. The van der Waals surface area contributed by atoms with Crippen LogP contribution in [0.2, 0.25) is 0 Å². The molecule has 3 amide bonds. The van der Waals surface area contributed by atoms with Gasteiger partial charge >= 0.3 is 18.2 Å². The zero-order valence-corrected chi connectivity index (χ0v) is 27.2. The van der Waals surface area contributed by atoms with E-state index in [2.05, 4.69) is 20.9 Å². The molecular weight excluding hydrogens is 669 g/mol. The molecule has 50 heavy (non-hydrogen) atoms. The molecule has 0 bridgehead atoms. The lowest BCUT2D eigenvalue weighted by atomic mass is 9.97. The molecule has 264 valence electrons. The molecule has 12 nitrogen and oxygen atoms in total. The van der Waals surface area contributed by atoms with Gasteiger partial charge in [0.1, 0.15) is 23.1 Å². The normalized spacial score (nSPS) is 12.4. The molecule has 0 saturated heterocycles. The summed E-state index contributed by atoms with van der Waals surface area (Å²) in [6.45, 7) is 3.00. The molecule has 1 aliphatic rings. The minimum absolute atomic E-state index is 0.00968. The highest BCUT2D eigenvalue weighted by atomic mass is 19.4. The quantitative estimate of drug-likeness (QED) is 0.155. The van der Waals surface area contributed by atoms with Gasteiger partial charge in [-0.1, -0.05) is 12.1 Å². The number of carbonyl (C=O) groups excluding carboxylic acids is 2. The largest absolute Gasteiger partial charge is 0.497 e. The van der Waals surface area contributed by atoms with Crippen LogP contribution in [-0.4, -0.2) is 78.4 Å². The number of anilines is 4. The number of carboxylic acids is 1. The van der Waals surface area contributed by atoms with Crippen LogP contribution in [0.5, 0.6) is 5.75 Å². The van der Waals surface area contributed by atoms with E-state index in [-0.39, 0.29) is 24.2 Å². The number of aliphatic carboxylic acids is 1. The molecule has 3 aromatic carbocycles. The first-order chi connectivity index (χ1) is 23.6. The Morgan fingerprint density at radius 3 is 2.26 bits per heavy atom. The van der Waals surface area contributed by atoms with E-state index in [1.807, 2.05) is 25.9 Å². The lowest BCUT2D eigenvalue weighted by Gasteiger charge is -2.31. The third-order valence-electron chi connectivity index (χ3n) is 7.17. The average molecular weight is 702 g/mol. The number of aromatic nitrogens is 2. The van der Waals surface area contributed by atoms with Crippen LogP contribution < -0.4 is 25.6 Å². The first-order valence-electron chi connectivity index (χ1n) is 14.8. The SMILES string of the molecule is COc1ccc(NC(=O)c2ccc(C)c(-c3nc(NCCN(C)C)nc4c3CNC(=O)N4c3c(F)cccc3F)c2)cc1.O=C(O)C(F)(F)F. The minimum Gasteiger partial charge on any atom is -0.497 e. The summed E-state index contributed by atoms with van der Waals surface area (Å²) in [5, 5.41) is 15.8. The highest BCUT2D eigenvalue weighted by Gasteiger charge is 2.38. The molecule has 1 aliphatic heterocycles. The number of para-hydroxylation sites is 1. The number of rotatable bonds is 9. The van der Waals surface area contributed by atoms with Crippen LogP contribution in [0, 0.1) is 18.6 Å². The Balaban J connectivity index is 0.000000727. The molecule has 0 aliphatic carbocycles. The van der Waals surface area contributed by atoms with Gasteiger partial charge in [-0.3, -0.25) is 4.79 Å². The molecule has 5 rings (SSSR count). The van der Waals surface area contributed by atoms with Crippen LogP contribution in [0.1, 0.15) is 21.5 Å². The topological polar surface area (TPSA) is 149 Å². The monoisotopic (exact) mass is 701 g/mol. The molecular formula is C33H32F5N7O5. The summed E-state index contributed by atoms with van der Waals surface area (Å²) in [6, 6.07) is 14.8. The number of urea groups is 1. The van der Waals surface area contributed by atoms with Crippen molar-refractivity contribution in [3.05, 3.63) is 89.0 Å². The van der Waals surface area contributed by atoms with Crippen molar-refractivity contribution >= 4 is 41.0 Å². The first-order valence-corrected chi connectivity index (χ1v) is 14.8. The summed E-state index contributed by atoms with van der Waals surface area (Å²) in [6.07, 6.45) is -5.08. The fraction of sp³-hybridized carbons (Fsp3) is 0.242. The number of carbonyl (C=O) groups is 3. The number of likely N-dealkylation sites (N-methyl/N-ethyl adjacent to an activating group) is 1. The van der Waals surface area contributed by atoms with Gasteiger partial charge < -0.3 is 30.7 Å². The van der Waals surface area contributed by atoms with E-state index < -0.39 is 35.5 Å². The first kappa shape index (κ1) is 37.0. The third-order valence-corrected chi connectivity index (χ3v) is 7.17. The minimum atomic E-state index is -5.08. The predicted molar refractivity (Wildman–Crippen MR) is 175 cm³/mol. The number of fused-ring (bicyclic) bond motifs is 1. The number of halogens is 5. The number of amides is 3. The Kier molecular flexibility index (Phi) is 11.5. The lowest BCUT2D eigenvalue weighted by Crippen LogP contribution is -2.43. The van der Waals surface area contributed by atoms with Gasteiger partial charge in [0.05, 0.1) is 19.3 Å². The number of nitrogens with one attached hydrogen (secondary N) is 3. The van der Waals surface area contributed by atoms with Gasteiger partial charge in [-0.05, 0) is 75.1 Å². The average Bonchev–Trinajstić information content (AvgIpc) is 3.05. The fourth-order valence-electron chi connectivity index (χ4n) is 4.66. The van der Waals surface area contributed by atoms with Gasteiger partial charge in [0.25, 0.3) is 5.91 Å². The molecule has 17 heteroatoms. The summed E-state index contributed by atoms with van der Waals surface area (Å²) < 4.78 is 66.9. The van der Waals surface area contributed by atoms with E-state index in [1.165, 1.54) is 6.07 Å². The maximum Gasteiger partial charge on any atom is 0.490 e. The predicted octanol–water partition coefficient (Wildman–Crippen LogP) is 5.96. The number of methoxy groups -OCH3 is 1. The molecule has 2 heterocycles. The number of carboxylic acid groups (broad SMARTS) is 1. The van der Waals surface area contributed by atoms with E-state index in [0.29, 0.717) is 46.9 Å². The molecule has 0 radical (unpaired) electrons. The summed E-state index contributed by atoms with van der Waals surface area (Å²) in [7, 11) is 5.40. The van der Waals surface area contributed by atoms with Crippen LogP contribution in [0.15, 0.2) is 60.7 Å². The molecule has 1 aromatic heterocycles. The number of nitrogens with zero attached hydrogens (tertiary/aromatic N) is 4. The Morgan fingerprint density at radius 1 is 1.04 bits per heavy atom. The molecule has 0 fully saturated rings. The summed E-state index contributed by atoms with van der Waals surface area (Å²) in [5.41, 5.74) is 2.65. The summed E-state index contributed by atoms with van der Waals surface area (Å²) in [5.74, 6) is -4.07. The van der Waals surface area contributed by atoms with Gasteiger partial charge in [0, 0.05) is 35.5 Å². The van der Waals surface area contributed by atoms with Crippen molar-refractivity contribution in [2.24, 2.45) is 0 Å². The van der Waals surface area contributed by atoms with Gasteiger partial charge in [0.15, 0.2) is 5.82 Å². The van der Waals surface area contributed by atoms with Gasteiger partial charge in [-0.2, -0.15) is 18.2 Å². The van der Waals surface area contributed by atoms with Crippen LogP contribution in [0.3, 0.4) is 0 Å². The zero-order chi connectivity index (χ0) is 36.7. The molecule has 0 unspecified atom stereocenters. The van der Waals surface area contributed by atoms with E-state index in [9.17, 15) is 31.5 Å². The van der Waals surface area contributed by atoms with Crippen molar-refractivity contribution in [3.8, 4) is 17.0 Å². The molecule has 0 atom stereocenters. The molecule has 4 aromatic rings. The maximum atomic E-state index is 15.0. The lowest BCUT2D eigenvalue weighted by molar-refractivity contribution is -0.192. The second-order valence-electron chi connectivity index (χ2n) is 11.0. The second kappa shape index (κ2) is 15.6. The molecule has 0 spiro atoms. The Labute approximate surface area is 282 Å².